The molecule has 7 heteroatoms. The number of rotatable bonds is 3. The second kappa shape index (κ2) is 6.67. The predicted molar refractivity (Wildman–Crippen MR) is 89.4 cm³/mol. The van der Waals surface area contributed by atoms with Gasteiger partial charge in [0.15, 0.2) is 5.69 Å². The molecule has 0 unspecified atom stereocenters. The Kier molecular flexibility index (Phi) is 4.54. The molecule has 26 heavy (non-hydrogen) atoms. The molecule has 4 nitrogen and oxygen atoms in total. The van der Waals surface area contributed by atoms with E-state index in [9.17, 15) is 18.0 Å². The van der Waals surface area contributed by atoms with Crippen LogP contribution in [0.1, 0.15) is 27.2 Å². The molecule has 0 saturated carbocycles. The molecule has 0 atom stereocenters. The summed E-state index contributed by atoms with van der Waals surface area (Å²) in [5.41, 5.74) is 1.35. The lowest BCUT2D eigenvalue weighted by molar-refractivity contribution is -0.141. The smallest absolute Gasteiger partial charge is 0.404 e. The van der Waals surface area contributed by atoms with Crippen molar-refractivity contribution in [2.45, 2.75) is 20.0 Å². The Bertz CT molecular complexity index is 927. The fourth-order valence-electron chi connectivity index (χ4n) is 2.29. The molecule has 0 amide bonds. The fraction of sp³-hybridized carbons (Fsp3) is 0.158. The number of carbonyl (C=O) groups is 1. The van der Waals surface area contributed by atoms with Crippen LogP contribution in [0.3, 0.4) is 0 Å². The van der Waals surface area contributed by atoms with Crippen molar-refractivity contribution in [3.05, 3.63) is 77.0 Å². The molecule has 0 saturated heterocycles. The molecule has 3 aromatic rings. The van der Waals surface area contributed by atoms with Crippen LogP contribution in [0.15, 0.2) is 54.6 Å². The summed E-state index contributed by atoms with van der Waals surface area (Å²) < 4.78 is 45.3. The van der Waals surface area contributed by atoms with Crippen molar-refractivity contribution < 1.29 is 22.7 Å². The van der Waals surface area contributed by atoms with Gasteiger partial charge >= 0.3 is 12.1 Å². The van der Waals surface area contributed by atoms with E-state index in [4.69, 9.17) is 4.74 Å². The van der Waals surface area contributed by atoms with E-state index in [0.29, 0.717) is 11.8 Å². The van der Waals surface area contributed by atoms with Crippen LogP contribution in [0.5, 0.6) is 5.88 Å². The quantitative estimate of drug-likeness (QED) is 0.635. The molecule has 0 bridgehead atoms. The second-order valence-electron chi connectivity index (χ2n) is 5.87. The van der Waals surface area contributed by atoms with Crippen LogP contribution in [-0.2, 0) is 6.18 Å². The summed E-state index contributed by atoms with van der Waals surface area (Å²) in [7, 11) is 0. The van der Waals surface area contributed by atoms with E-state index in [0.717, 1.165) is 15.8 Å². The van der Waals surface area contributed by atoms with E-state index in [1.807, 2.05) is 13.8 Å². The third-order valence-corrected chi connectivity index (χ3v) is 3.73. The highest BCUT2D eigenvalue weighted by Crippen LogP contribution is 2.32. The zero-order chi connectivity index (χ0) is 18.9. The summed E-state index contributed by atoms with van der Waals surface area (Å²) in [6, 6.07) is 13.9. The molecular formula is C19H15F3N2O2. The van der Waals surface area contributed by atoms with Crippen molar-refractivity contribution in [3.63, 3.8) is 0 Å². The van der Waals surface area contributed by atoms with Crippen LogP contribution >= 0.6 is 0 Å². The second-order valence-corrected chi connectivity index (χ2v) is 5.87. The molecule has 2 aromatic carbocycles. The van der Waals surface area contributed by atoms with E-state index in [1.165, 1.54) is 0 Å². The van der Waals surface area contributed by atoms with Gasteiger partial charge < -0.3 is 4.74 Å². The summed E-state index contributed by atoms with van der Waals surface area (Å²) in [5, 5.41) is 3.56. The highest BCUT2D eigenvalue weighted by Gasteiger charge is 2.36. The highest BCUT2D eigenvalue weighted by molar-refractivity contribution is 5.91. The summed E-state index contributed by atoms with van der Waals surface area (Å²) in [5.74, 6) is -1.06. The number of nitrogens with zero attached hydrogens (tertiary/aromatic N) is 2. The number of carbonyl (C=O) groups excluding carboxylic acids is 1. The number of benzene rings is 2. The maximum atomic E-state index is 13.0. The van der Waals surface area contributed by atoms with Gasteiger partial charge in [-0.2, -0.15) is 18.3 Å². The molecule has 134 valence electrons. The molecule has 0 spiro atoms. The first kappa shape index (κ1) is 17.7. The van der Waals surface area contributed by atoms with Crippen molar-refractivity contribution in [1.29, 1.82) is 0 Å². The summed E-state index contributed by atoms with van der Waals surface area (Å²) in [4.78, 5) is 12.3. The zero-order valence-corrected chi connectivity index (χ0v) is 14.0. The average molecular weight is 360 g/mol. The van der Waals surface area contributed by atoms with Gasteiger partial charge in [0.05, 0.1) is 11.3 Å². The number of aryl methyl sites for hydroxylation is 2. The van der Waals surface area contributed by atoms with E-state index in [1.54, 1.807) is 48.5 Å². The van der Waals surface area contributed by atoms with Gasteiger partial charge in [-0.3, -0.25) is 0 Å². The topological polar surface area (TPSA) is 44.1 Å². The highest BCUT2D eigenvalue weighted by atomic mass is 19.4. The van der Waals surface area contributed by atoms with Gasteiger partial charge in [-0.25, -0.2) is 9.48 Å². The number of alkyl halides is 3. The maximum absolute atomic E-state index is 13.0. The van der Waals surface area contributed by atoms with Crippen molar-refractivity contribution in [3.8, 4) is 11.6 Å². The minimum absolute atomic E-state index is 0.237. The lowest BCUT2D eigenvalue weighted by Crippen LogP contribution is -2.12. The average Bonchev–Trinajstić information content (AvgIpc) is 3.00. The lowest BCUT2D eigenvalue weighted by Gasteiger charge is -2.08. The number of hydrogen-bond donors (Lipinski definition) is 0. The van der Waals surface area contributed by atoms with Crippen molar-refractivity contribution in [2.75, 3.05) is 0 Å². The van der Waals surface area contributed by atoms with E-state index in [-0.39, 0.29) is 11.4 Å². The largest absolute Gasteiger partial charge is 0.435 e. The third-order valence-electron chi connectivity index (χ3n) is 3.73. The number of halogens is 3. The molecule has 1 aromatic heterocycles. The molecular weight excluding hydrogens is 345 g/mol. The molecule has 1 heterocycles. The van der Waals surface area contributed by atoms with Gasteiger partial charge in [0.1, 0.15) is 0 Å². The number of ether oxygens (including phenoxy) is 1. The Morgan fingerprint density at radius 2 is 1.50 bits per heavy atom. The molecule has 0 aliphatic heterocycles. The summed E-state index contributed by atoms with van der Waals surface area (Å²) in [6.07, 6.45) is -4.65. The Balaban J connectivity index is 1.99. The zero-order valence-electron chi connectivity index (χ0n) is 14.0. The predicted octanol–water partition coefficient (Wildman–Crippen LogP) is 4.73. The van der Waals surface area contributed by atoms with Gasteiger partial charge in [-0.15, -0.1) is 0 Å². The minimum atomic E-state index is -4.65. The van der Waals surface area contributed by atoms with Crippen LogP contribution in [0.25, 0.3) is 5.69 Å². The van der Waals surface area contributed by atoms with E-state index < -0.39 is 17.8 Å². The normalized spacial score (nSPS) is 11.4. The van der Waals surface area contributed by atoms with Crippen LogP contribution in [-0.4, -0.2) is 15.7 Å². The Morgan fingerprint density at radius 1 is 0.962 bits per heavy atom. The van der Waals surface area contributed by atoms with Crippen LogP contribution < -0.4 is 4.74 Å². The third kappa shape index (κ3) is 3.77. The van der Waals surface area contributed by atoms with E-state index in [2.05, 4.69) is 5.10 Å². The van der Waals surface area contributed by atoms with Crippen LogP contribution in [0.4, 0.5) is 13.2 Å². The Labute approximate surface area is 147 Å². The number of esters is 1. The molecule has 0 radical (unpaired) electrons. The van der Waals surface area contributed by atoms with Gasteiger partial charge in [0.2, 0.25) is 5.88 Å². The van der Waals surface area contributed by atoms with Gasteiger partial charge in [-0.1, -0.05) is 35.4 Å². The van der Waals surface area contributed by atoms with Gasteiger partial charge in [-0.05, 0) is 38.1 Å². The van der Waals surface area contributed by atoms with Crippen molar-refractivity contribution in [2.24, 2.45) is 0 Å². The molecule has 0 fully saturated rings. The number of aromatic nitrogens is 2. The standard InChI is InChI=1S/C19H15F3N2O2/c1-12-3-7-14(8-4-12)18(25)26-17-11-16(19(20,21)22)23-24(17)15-9-5-13(2)6-10-15/h3-11H,1-2H3. The first-order chi connectivity index (χ1) is 12.2. The van der Waals surface area contributed by atoms with E-state index >= 15 is 0 Å². The monoisotopic (exact) mass is 360 g/mol. The molecule has 0 N–H and O–H groups in total. The molecule has 0 aliphatic rings. The Morgan fingerprint density at radius 3 is 2.04 bits per heavy atom. The molecule has 3 rings (SSSR count). The summed E-state index contributed by atoms with van der Waals surface area (Å²) in [6.45, 7) is 3.71. The fourth-order valence-corrected chi connectivity index (χ4v) is 2.29. The van der Waals surface area contributed by atoms with Crippen LogP contribution in [0.2, 0.25) is 0 Å². The first-order valence-electron chi connectivity index (χ1n) is 7.77. The van der Waals surface area contributed by atoms with Crippen molar-refractivity contribution in [1.82, 2.24) is 9.78 Å². The van der Waals surface area contributed by atoms with Crippen LogP contribution in [0, 0.1) is 13.8 Å². The maximum Gasteiger partial charge on any atom is 0.435 e. The minimum Gasteiger partial charge on any atom is -0.404 e. The van der Waals surface area contributed by atoms with Gasteiger partial charge in [0.25, 0.3) is 0 Å². The Hall–Kier alpha value is -3.09. The first-order valence-corrected chi connectivity index (χ1v) is 7.77. The summed E-state index contributed by atoms with van der Waals surface area (Å²) >= 11 is 0. The lowest BCUT2D eigenvalue weighted by atomic mass is 10.1. The SMILES string of the molecule is Cc1ccc(C(=O)Oc2cc(C(F)(F)F)nn2-c2ccc(C)cc2)cc1. The van der Waals surface area contributed by atoms with Crippen molar-refractivity contribution >= 4 is 5.97 Å². The molecule has 0 aliphatic carbocycles. The van der Waals surface area contributed by atoms with Gasteiger partial charge in [0, 0.05) is 6.07 Å². The number of hydrogen-bond acceptors (Lipinski definition) is 3.